The van der Waals surface area contributed by atoms with E-state index in [-0.39, 0.29) is 24.3 Å². The van der Waals surface area contributed by atoms with Gasteiger partial charge in [-0.15, -0.1) is 10.2 Å². The first-order chi connectivity index (χ1) is 14.0. The van der Waals surface area contributed by atoms with Gasteiger partial charge in [0, 0.05) is 46.1 Å². The molecule has 2 aliphatic rings. The van der Waals surface area contributed by atoms with Crippen LogP contribution in [0.4, 0.5) is 0 Å². The van der Waals surface area contributed by atoms with E-state index < -0.39 is 0 Å². The number of fused-ring (bicyclic) bond motifs is 1. The fourth-order valence-electron chi connectivity index (χ4n) is 3.74. The lowest BCUT2D eigenvalue weighted by atomic mass is 10.1. The van der Waals surface area contributed by atoms with E-state index in [0.717, 1.165) is 13.1 Å². The highest BCUT2D eigenvalue weighted by Gasteiger charge is 2.34. The second-order valence-electron chi connectivity index (χ2n) is 7.28. The topological polar surface area (TPSA) is 99.9 Å². The van der Waals surface area contributed by atoms with Crippen molar-refractivity contribution in [3.8, 4) is 0 Å². The summed E-state index contributed by atoms with van der Waals surface area (Å²) in [4.78, 5) is 42.5. The number of aryl methyl sites for hydroxylation is 1. The lowest BCUT2D eigenvalue weighted by Crippen LogP contribution is -2.48. The van der Waals surface area contributed by atoms with Crippen molar-refractivity contribution < 1.29 is 18.8 Å². The number of hydrogen-bond acceptors (Lipinski definition) is 7. The summed E-state index contributed by atoms with van der Waals surface area (Å²) in [6.45, 7) is 5.36. The van der Waals surface area contributed by atoms with Gasteiger partial charge in [0.05, 0.1) is 17.7 Å². The lowest BCUT2D eigenvalue weighted by Gasteiger charge is -2.34. The van der Waals surface area contributed by atoms with Gasteiger partial charge in [0.2, 0.25) is 17.7 Å². The Morgan fingerprint density at radius 3 is 2.28 bits per heavy atom. The molecule has 2 aliphatic heterocycles. The van der Waals surface area contributed by atoms with E-state index in [0.29, 0.717) is 55.4 Å². The van der Waals surface area contributed by atoms with Crippen molar-refractivity contribution in [1.82, 2.24) is 24.9 Å². The van der Waals surface area contributed by atoms with Gasteiger partial charge in [-0.05, 0) is 18.6 Å². The van der Waals surface area contributed by atoms with Crippen molar-refractivity contribution in [2.45, 2.75) is 26.3 Å². The molecule has 2 aromatic rings. The number of rotatable bonds is 6. The van der Waals surface area contributed by atoms with E-state index >= 15 is 0 Å². The van der Waals surface area contributed by atoms with Crippen LogP contribution in [0.2, 0.25) is 0 Å². The molecule has 0 saturated carbocycles. The van der Waals surface area contributed by atoms with Crippen LogP contribution in [-0.4, -0.2) is 75.3 Å². The Kier molecular flexibility index (Phi) is 5.39. The highest BCUT2D eigenvalue weighted by Crippen LogP contribution is 2.22. The average molecular weight is 397 g/mol. The molecular formula is C20H23N5O4. The molecule has 1 aromatic carbocycles. The maximum Gasteiger partial charge on any atom is 0.261 e. The van der Waals surface area contributed by atoms with Crippen molar-refractivity contribution in [3.05, 3.63) is 47.2 Å². The van der Waals surface area contributed by atoms with Gasteiger partial charge in [0.15, 0.2) is 0 Å². The minimum Gasteiger partial charge on any atom is -0.424 e. The largest absolute Gasteiger partial charge is 0.424 e. The van der Waals surface area contributed by atoms with Crippen molar-refractivity contribution >= 4 is 17.7 Å². The molecule has 0 spiro atoms. The van der Waals surface area contributed by atoms with Crippen LogP contribution < -0.4 is 0 Å². The lowest BCUT2D eigenvalue weighted by molar-refractivity contribution is -0.133. The highest BCUT2D eigenvalue weighted by atomic mass is 16.4. The van der Waals surface area contributed by atoms with Crippen LogP contribution in [0.1, 0.15) is 45.3 Å². The molecule has 0 unspecified atom stereocenters. The standard InChI is InChI=1S/C20H23N5O4/c1-14-21-22-17(29-14)13-23-9-11-24(12-10-23)18(26)7-4-8-25-19(27)15-5-2-3-6-16(15)20(25)28/h2-3,5-6H,4,7-13H2,1H3. The first-order valence-corrected chi connectivity index (χ1v) is 9.77. The van der Waals surface area contributed by atoms with E-state index in [1.165, 1.54) is 4.90 Å². The van der Waals surface area contributed by atoms with Gasteiger partial charge >= 0.3 is 0 Å². The number of imide groups is 1. The number of nitrogens with zero attached hydrogens (tertiary/aromatic N) is 5. The van der Waals surface area contributed by atoms with Crippen LogP contribution in [0.15, 0.2) is 28.7 Å². The fraction of sp³-hybridized carbons (Fsp3) is 0.450. The maximum absolute atomic E-state index is 12.5. The summed E-state index contributed by atoms with van der Waals surface area (Å²) in [5.74, 6) is 0.635. The van der Waals surface area contributed by atoms with E-state index in [4.69, 9.17) is 4.42 Å². The summed E-state index contributed by atoms with van der Waals surface area (Å²) in [6.07, 6.45) is 0.780. The van der Waals surface area contributed by atoms with Crippen LogP contribution in [0, 0.1) is 6.92 Å². The molecular weight excluding hydrogens is 374 g/mol. The van der Waals surface area contributed by atoms with E-state index in [1.54, 1.807) is 31.2 Å². The van der Waals surface area contributed by atoms with Crippen LogP contribution in [-0.2, 0) is 11.3 Å². The zero-order valence-electron chi connectivity index (χ0n) is 16.3. The second kappa shape index (κ2) is 8.12. The van der Waals surface area contributed by atoms with E-state index in [9.17, 15) is 14.4 Å². The molecule has 0 N–H and O–H groups in total. The third kappa shape index (κ3) is 4.04. The van der Waals surface area contributed by atoms with Crippen LogP contribution in [0.5, 0.6) is 0 Å². The van der Waals surface area contributed by atoms with Gasteiger partial charge in [0.25, 0.3) is 11.8 Å². The first-order valence-electron chi connectivity index (χ1n) is 9.77. The summed E-state index contributed by atoms with van der Waals surface area (Å²) in [5, 5.41) is 7.83. The normalized spacial score (nSPS) is 17.1. The molecule has 29 heavy (non-hydrogen) atoms. The number of amides is 3. The SMILES string of the molecule is Cc1nnc(CN2CCN(C(=O)CCCN3C(=O)c4ccccc4C3=O)CC2)o1. The predicted octanol–water partition coefficient (Wildman–Crippen LogP) is 1.10. The van der Waals surface area contributed by atoms with Gasteiger partial charge in [-0.25, -0.2) is 0 Å². The number of carbonyl (C=O) groups is 3. The molecule has 0 bridgehead atoms. The molecule has 1 fully saturated rings. The minimum absolute atomic E-state index is 0.0508. The van der Waals surface area contributed by atoms with Crippen LogP contribution in [0.3, 0.4) is 0 Å². The van der Waals surface area contributed by atoms with Crippen molar-refractivity contribution in [1.29, 1.82) is 0 Å². The Bertz CT molecular complexity index is 897. The summed E-state index contributed by atoms with van der Waals surface area (Å²) in [6, 6.07) is 6.82. The number of carbonyl (C=O) groups excluding carboxylic acids is 3. The van der Waals surface area contributed by atoms with Gasteiger partial charge < -0.3 is 9.32 Å². The number of aromatic nitrogens is 2. The minimum atomic E-state index is -0.275. The highest BCUT2D eigenvalue weighted by molar-refractivity contribution is 6.21. The quantitative estimate of drug-likeness (QED) is 0.673. The number of hydrogen-bond donors (Lipinski definition) is 0. The third-order valence-corrected chi connectivity index (χ3v) is 5.30. The second-order valence-corrected chi connectivity index (χ2v) is 7.28. The first kappa shape index (κ1) is 19.3. The fourth-order valence-corrected chi connectivity index (χ4v) is 3.74. The molecule has 4 rings (SSSR count). The molecule has 9 nitrogen and oxygen atoms in total. The Morgan fingerprint density at radius 1 is 1.03 bits per heavy atom. The Labute approximate surface area is 168 Å². The van der Waals surface area contributed by atoms with E-state index in [2.05, 4.69) is 15.1 Å². The molecule has 1 saturated heterocycles. The maximum atomic E-state index is 12.5. The van der Waals surface area contributed by atoms with E-state index in [1.807, 2.05) is 4.90 Å². The molecule has 152 valence electrons. The molecule has 3 amide bonds. The van der Waals surface area contributed by atoms with Crippen molar-refractivity contribution in [3.63, 3.8) is 0 Å². The van der Waals surface area contributed by atoms with Gasteiger partial charge in [-0.3, -0.25) is 24.2 Å². The molecule has 0 aliphatic carbocycles. The third-order valence-electron chi connectivity index (χ3n) is 5.30. The monoisotopic (exact) mass is 397 g/mol. The Morgan fingerprint density at radius 2 is 1.69 bits per heavy atom. The van der Waals surface area contributed by atoms with Gasteiger partial charge in [-0.1, -0.05) is 12.1 Å². The smallest absolute Gasteiger partial charge is 0.261 e. The number of piperazine rings is 1. The van der Waals surface area contributed by atoms with Crippen LogP contribution in [0.25, 0.3) is 0 Å². The summed E-state index contributed by atoms with van der Waals surface area (Å²) >= 11 is 0. The Hall–Kier alpha value is -3.07. The summed E-state index contributed by atoms with van der Waals surface area (Å²) < 4.78 is 5.40. The Balaban J connectivity index is 1.21. The molecule has 9 heteroatoms. The average Bonchev–Trinajstić information content (AvgIpc) is 3.24. The zero-order chi connectivity index (χ0) is 20.4. The van der Waals surface area contributed by atoms with Crippen molar-refractivity contribution in [2.75, 3.05) is 32.7 Å². The molecule has 3 heterocycles. The molecule has 0 radical (unpaired) electrons. The van der Waals surface area contributed by atoms with Crippen LogP contribution >= 0.6 is 0 Å². The predicted molar refractivity (Wildman–Crippen MR) is 102 cm³/mol. The van der Waals surface area contributed by atoms with Gasteiger partial charge in [-0.2, -0.15) is 0 Å². The molecule has 1 aromatic heterocycles. The number of benzene rings is 1. The summed E-state index contributed by atoms with van der Waals surface area (Å²) in [7, 11) is 0. The zero-order valence-corrected chi connectivity index (χ0v) is 16.3. The summed E-state index contributed by atoms with van der Waals surface area (Å²) in [5.41, 5.74) is 0.882. The van der Waals surface area contributed by atoms with Gasteiger partial charge in [0.1, 0.15) is 0 Å². The van der Waals surface area contributed by atoms with Crippen molar-refractivity contribution in [2.24, 2.45) is 0 Å². The molecule has 0 atom stereocenters.